The topological polar surface area (TPSA) is 101 Å². The first-order valence-corrected chi connectivity index (χ1v) is 0.707. The van der Waals surface area contributed by atoms with Crippen LogP contribution in [0.3, 0.4) is 0 Å². The van der Waals surface area contributed by atoms with Gasteiger partial charge in [-0.3, -0.25) is 7.32 Å². The van der Waals surface area contributed by atoms with Crippen LogP contribution in [0.4, 0.5) is 0 Å². The molecule has 0 amide bonds. The van der Waals surface area contributed by atoms with Crippen LogP contribution in [0.2, 0.25) is 0 Å². The number of rotatable bonds is 0. The van der Waals surface area contributed by atoms with Crippen molar-refractivity contribution in [1.82, 2.24) is 0 Å². The third-order valence-electron chi connectivity index (χ3n) is 0. The fourth-order valence-corrected chi connectivity index (χ4v) is 0. The molecule has 2 N–H and O–H groups in total. The predicted molar refractivity (Wildman–Crippen MR) is 9.37 cm³/mol. The molecule has 6 heavy (non-hydrogen) atoms. The summed E-state index contributed by atoms with van der Waals surface area (Å²) in [7, 11) is -2.92. The molecule has 0 rings (SSSR count). The quantitative estimate of drug-likeness (QED) is 0.379. The van der Waals surface area contributed by atoms with Gasteiger partial charge >= 0.3 is 35.6 Å². The SMILES string of the molecule is O.[La+3].[O-]B([O-])[O-]. The Bertz CT molecular complexity index is 12.3. The van der Waals surface area contributed by atoms with Crippen molar-refractivity contribution in [2.75, 3.05) is 0 Å². The van der Waals surface area contributed by atoms with Gasteiger partial charge in [0.2, 0.25) is 0 Å². The zero-order valence-corrected chi connectivity index (χ0v) is 6.51. The first-order valence-electron chi connectivity index (χ1n) is 0.707. The minimum Gasteiger partial charge on any atom is -0.907 e. The molecule has 0 radical (unpaired) electrons. The van der Waals surface area contributed by atoms with Crippen LogP contribution in [0.5, 0.6) is 0 Å². The molecule has 0 fully saturated rings. The zero-order chi connectivity index (χ0) is 3.58. The minimum atomic E-state index is -2.92. The third kappa shape index (κ3) is 70.9. The van der Waals surface area contributed by atoms with Crippen molar-refractivity contribution >= 4 is 7.32 Å². The molecule has 0 aliphatic heterocycles. The molecule has 32 valence electrons. The van der Waals surface area contributed by atoms with E-state index in [1.807, 2.05) is 0 Å². The molecule has 4 nitrogen and oxygen atoms in total. The van der Waals surface area contributed by atoms with Gasteiger partial charge in [-0.15, -0.1) is 0 Å². The van der Waals surface area contributed by atoms with Crippen LogP contribution in [0.15, 0.2) is 0 Å². The second-order valence-corrected chi connectivity index (χ2v) is 0.289. The zero-order valence-electron chi connectivity index (χ0n) is 2.88. The standard InChI is InChI=1S/BO3.La.H2O/c2-1(3)4;;/h;;1H2/q-3;+3;. The predicted octanol–water partition coefficient (Wildman–Crippen LogP) is -4.77. The van der Waals surface area contributed by atoms with Crippen molar-refractivity contribution in [3.05, 3.63) is 0 Å². The second-order valence-electron chi connectivity index (χ2n) is 0.289. The van der Waals surface area contributed by atoms with Crippen LogP contribution < -0.4 is 15.1 Å². The van der Waals surface area contributed by atoms with Crippen LogP contribution in [0.1, 0.15) is 0 Å². The summed E-state index contributed by atoms with van der Waals surface area (Å²) in [6, 6.07) is 0. The van der Waals surface area contributed by atoms with E-state index >= 15 is 0 Å². The van der Waals surface area contributed by atoms with Crippen LogP contribution in [-0.2, 0) is 0 Å². The molecular weight excluding hydrogens is 214 g/mol. The van der Waals surface area contributed by atoms with Crippen molar-refractivity contribution in [2.24, 2.45) is 0 Å². The Morgan fingerprint density at radius 3 is 1.00 bits per heavy atom. The minimum absolute atomic E-state index is 0. The molecule has 0 unspecified atom stereocenters. The average molecular weight is 216 g/mol. The Hall–Kier alpha value is 1.10. The van der Waals surface area contributed by atoms with E-state index in [9.17, 15) is 0 Å². The van der Waals surface area contributed by atoms with Crippen LogP contribution in [-0.4, -0.2) is 12.8 Å². The first-order chi connectivity index (χ1) is 1.73. The molecule has 0 aromatic heterocycles. The monoisotopic (exact) mass is 216 g/mol. The third-order valence-corrected chi connectivity index (χ3v) is 0. The summed E-state index contributed by atoms with van der Waals surface area (Å²) in [5.74, 6) is 0. The summed E-state index contributed by atoms with van der Waals surface area (Å²) in [5.41, 5.74) is 0. The molecule has 0 bridgehead atoms. The van der Waals surface area contributed by atoms with E-state index in [0.29, 0.717) is 0 Å². The summed E-state index contributed by atoms with van der Waals surface area (Å²) in [6.07, 6.45) is 0. The van der Waals surface area contributed by atoms with E-state index in [-0.39, 0.29) is 41.1 Å². The van der Waals surface area contributed by atoms with E-state index in [1.165, 1.54) is 0 Å². The number of hydrogen-bond acceptors (Lipinski definition) is 3. The van der Waals surface area contributed by atoms with Crippen molar-refractivity contribution in [3.8, 4) is 0 Å². The molecule has 0 aromatic rings. The fourth-order valence-electron chi connectivity index (χ4n) is 0. The van der Waals surface area contributed by atoms with E-state index in [2.05, 4.69) is 0 Å². The summed E-state index contributed by atoms with van der Waals surface area (Å²) >= 11 is 0. The Labute approximate surface area is 63.3 Å². The Balaban J connectivity index is -0.0000000450. The van der Waals surface area contributed by atoms with Crippen molar-refractivity contribution < 1.29 is 56.1 Å². The average Bonchev–Trinajstić information content (AvgIpc) is 0.811. The summed E-state index contributed by atoms with van der Waals surface area (Å²) < 4.78 is 0. The van der Waals surface area contributed by atoms with E-state index < -0.39 is 7.32 Å². The summed E-state index contributed by atoms with van der Waals surface area (Å²) in [4.78, 5) is 0. The van der Waals surface area contributed by atoms with Crippen molar-refractivity contribution in [2.45, 2.75) is 0 Å². The van der Waals surface area contributed by atoms with E-state index in [0.717, 1.165) is 0 Å². The van der Waals surface area contributed by atoms with Gasteiger partial charge in [-0.05, 0) is 0 Å². The van der Waals surface area contributed by atoms with Gasteiger partial charge in [0.05, 0.1) is 0 Å². The van der Waals surface area contributed by atoms with Gasteiger partial charge in [0.1, 0.15) is 0 Å². The molecule has 0 heterocycles. The van der Waals surface area contributed by atoms with Crippen LogP contribution >= 0.6 is 0 Å². The largest absolute Gasteiger partial charge is 3.00 e. The molecule has 6 heteroatoms. The Morgan fingerprint density at radius 2 is 1.00 bits per heavy atom. The maximum absolute atomic E-state index is 8.42. The summed E-state index contributed by atoms with van der Waals surface area (Å²) in [6.45, 7) is 0. The molecule has 0 atom stereocenters. The first kappa shape index (κ1) is 15.7. The maximum atomic E-state index is 8.42. The van der Waals surface area contributed by atoms with Crippen LogP contribution in [0.25, 0.3) is 0 Å². The molecule has 0 aliphatic carbocycles. The fraction of sp³-hybridized carbons (Fsp3) is 0. The Morgan fingerprint density at radius 1 is 1.00 bits per heavy atom. The van der Waals surface area contributed by atoms with Gasteiger partial charge in [0.15, 0.2) is 0 Å². The summed E-state index contributed by atoms with van der Waals surface area (Å²) in [5, 5.41) is 25.2. The molecule has 0 spiro atoms. The molecular formula is H2BLaO4. The van der Waals surface area contributed by atoms with E-state index in [4.69, 9.17) is 15.1 Å². The van der Waals surface area contributed by atoms with Crippen molar-refractivity contribution in [1.29, 1.82) is 0 Å². The second kappa shape index (κ2) is 9.44. The molecule has 0 aromatic carbocycles. The van der Waals surface area contributed by atoms with Gasteiger partial charge in [0.25, 0.3) is 0 Å². The van der Waals surface area contributed by atoms with Crippen LogP contribution in [0, 0.1) is 35.6 Å². The van der Waals surface area contributed by atoms with Crippen molar-refractivity contribution in [3.63, 3.8) is 0 Å². The van der Waals surface area contributed by atoms with Gasteiger partial charge in [-0.1, -0.05) is 0 Å². The Kier molecular flexibility index (Phi) is 24.7. The van der Waals surface area contributed by atoms with E-state index in [1.54, 1.807) is 0 Å². The van der Waals surface area contributed by atoms with Gasteiger partial charge in [-0.2, -0.15) is 0 Å². The molecule has 0 aliphatic rings. The molecule has 0 saturated carbocycles. The maximum Gasteiger partial charge on any atom is 3.00 e. The molecule has 0 saturated heterocycles. The number of hydrogen-bond donors (Lipinski definition) is 0. The van der Waals surface area contributed by atoms with Gasteiger partial charge < -0.3 is 20.5 Å². The van der Waals surface area contributed by atoms with Gasteiger partial charge in [0, 0.05) is 0 Å². The van der Waals surface area contributed by atoms with Gasteiger partial charge in [-0.25, -0.2) is 0 Å². The smallest absolute Gasteiger partial charge is 0.907 e. The normalized spacial score (nSPS) is 4.50.